The van der Waals surface area contributed by atoms with E-state index in [4.69, 9.17) is 22.1 Å². The number of ether oxygens (including phenoxy) is 1. The van der Waals surface area contributed by atoms with Crippen LogP contribution in [0.25, 0.3) is 0 Å². The number of nitrogens with zero attached hydrogens (tertiary/aromatic N) is 1. The molecular formula is C12H10ClFN2O. The molecule has 0 aliphatic rings. The number of anilines is 1. The number of hydrogen-bond donors (Lipinski definition) is 1. The van der Waals surface area contributed by atoms with E-state index in [9.17, 15) is 4.39 Å². The van der Waals surface area contributed by atoms with Crippen molar-refractivity contribution in [1.82, 2.24) is 4.98 Å². The van der Waals surface area contributed by atoms with E-state index in [0.29, 0.717) is 17.5 Å². The lowest BCUT2D eigenvalue weighted by atomic mass is 10.3. The largest absolute Gasteiger partial charge is 0.489 e. The van der Waals surface area contributed by atoms with Crippen LogP contribution in [0.5, 0.6) is 5.75 Å². The summed E-state index contributed by atoms with van der Waals surface area (Å²) in [5, 5.41) is 0.423. The molecule has 1 aromatic heterocycles. The zero-order valence-electron chi connectivity index (χ0n) is 8.86. The van der Waals surface area contributed by atoms with Crippen LogP contribution in [-0.4, -0.2) is 4.98 Å². The van der Waals surface area contributed by atoms with Gasteiger partial charge in [-0.1, -0.05) is 17.7 Å². The van der Waals surface area contributed by atoms with E-state index < -0.39 is 5.82 Å². The van der Waals surface area contributed by atoms with E-state index in [0.717, 1.165) is 5.56 Å². The first-order valence-electron chi connectivity index (χ1n) is 4.93. The molecule has 0 bridgehead atoms. The number of halogens is 2. The first-order chi connectivity index (χ1) is 8.15. The van der Waals surface area contributed by atoms with Gasteiger partial charge in [0, 0.05) is 17.8 Å². The van der Waals surface area contributed by atoms with Crippen LogP contribution in [0, 0.1) is 5.82 Å². The molecule has 1 heterocycles. The van der Waals surface area contributed by atoms with E-state index in [-0.39, 0.29) is 5.69 Å². The summed E-state index contributed by atoms with van der Waals surface area (Å²) in [6, 6.07) is 7.79. The third kappa shape index (κ3) is 3.07. The normalized spacial score (nSPS) is 10.2. The molecule has 2 N–H and O–H groups in total. The first-order valence-corrected chi connectivity index (χ1v) is 5.31. The lowest BCUT2D eigenvalue weighted by Crippen LogP contribution is -1.97. The quantitative estimate of drug-likeness (QED) is 0.675. The van der Waals surface area contributed by atoms with Crippen LogP contribution in [0.2, 0.25) is 5.15 Å². The van der Waals surface area contributed by atoms with Crippen molar-refractivity contribution < 1.29 is 9.13 Å². The summed E-state index contributed by atoms with van der Waals surface area (Å²) >= 11 is 5.65. The minimum Gasteiger partial charge on any atom is -0.489 e. The first kappa shape index (κ1) is 11.7. The Hall–Kier alpha value is -1.81. The summed E-state index contributed by atoms with van der Waals surface area (Å²) in [6.45, 7) is 0.299. The Kier molecular flexibility index (Phi) is 3.44. The average molecular weight is 253 g/mol. The highest BCUT2D eigenvalue weighted by molar-refractivity contribution is 6.29. The topological polar surface area (TPSA) is 48.1 Å². The summed E-state index contributed by atoms with van der Waals surface area (Å²) in [5.41, 5.74) is 6.31. The van der Waals surface area contributed by atoms with Gasteiger partial charge in [-0.05, 0) is 18.2 Å². The SMILES string of the molecule is Nc1ccc(OCc2ccc(Cl)nc2)cc1F. The smallest absolute Gasteiger partial charge is 0.149 e. The number of pyridine rings is 1. The predicted octanol–water partition coefficient (Wildman–Crippen LogP) is 3.04. The molecule has 0 atom stereocenters. The van der Waals surface area contributed by atoms with Gasteiger partial charge in [-0.2, -0.15) is 0 Å². The molecule has 1 aromatic carbocycles. The van der Waals surface area contributed by atoms with Crippen LogP contribution in [-0.2, 0) is 6.61 Å². The van der Waals surface area contributed by atoms with Gasteiger partial charge in [0.05, 0.1) is 5.69 Å². The second-order valence-corrected chi connectivity index (χ2v) is 3.85. The van der Waals surface area contributed by atoms with Crippen LogP contribution >= 0.6 is 11.6 Å². The van der Waals surface area contributed by atoms with Gasteiger partial charge in [-0.3, -0.25) is 0 Å². The van der Waals surface area contributed by atoms with Crippen LogP contribution in [0.1, 0.15) is 5.56 Å². The highest BCUT2D eigenvalue weighted by Gasteiger charge is 2.01. The molecule has 0 saturated carbocycles. The van der Waals surface area contributed by atoms with Crippen molar-refractivity contribution in [2.75, 3.05) is 5.73 Å². The van der Waals surface area contributed by atoms with Crippen LogP contribution in [0.4, 0.5) is 10.1 Å². The molecule has 2 rings (SSSR count). The van der Waals surface area contributed by atoms with E-state index in [2.05, 4.69) is 4.98 Å². The fourth-order valence-corrected chi connectivity index (χ4v) is 1.37. The van der Waals surface area contributed by atoms with Crippen molar-refractivity contribution >= 4 is 17.3 Å². The van der Waals surface area contributed by atoms with Crippen molar-refractivity contribution in [1.29, 1.82) is 0 Å². The molecule has 0 saturated heterocycles. The second kappa shape index (κ2) is 5.01. The van der Waals surface area contributed by atoms with Crippen LogP contribution < -0.4 is 10.5 Å². The standard InChI is InChI=1S/C12H10ClFN2O/c13-12-4-1-8(6-16-12)7-17-9-2-3-11(15)10(14)5-9/h1-6H,7,15H2. The highest BCUT2D eigenvalue weighted by Crippen LogP contribution is 2.19. The zero-order valence-corrected chi connectivity index (χ0v) is 9.62. The van der Waals surface area contributed by atoms with Gasteiger partial charge in [0.15, 0.2) is 0 Å². The number of rotatable bonds is 3. The fraction of sp³-hybridized carbons (Fsp3) is 0.0833. The van der Waals surface area contributed by atoms with Crippen molar-refractivity contribution in [2.45, 2.75) is 6.61 Å². The maximum absolute atomic E-state index is 13.1. The van der Waals surface area contributed by atoms with Crippen LogP contribution in [0.3, 0.4) is 0 Å². The molecule has 17 heavy (non-hydrogen) atoms. The van der Waals surface area contributed by atoms with Crippen molar-refractivity contribution in [3.8, 4) is 5.75 Å². The number of aromatic nitrogens is 1. The molecule has 5 heteroatoms. The van der Waals surface area contributed by atoms with Crippen molar-refractivity contribution in [3.63, 3.8) is 0 Å². The minimum absolute atomic E-state index is 0.102. The molecule has 3 nitrogen and oxygen atoms in total. The maximum Gasteiger partial charge on any atom is 0.149 e. The molecule has 0 radical (unpaired) electrons. The number of hydrogen-bond acceptors (Lipinski definition) is 3. The van der Waals surface area contributed by atoms with Gasteiger partial charge in [0.1, 0.15) is 23.3 Å². The maximum atomic E-state index is 13.1. The van der Waals surface area contributed by atoms with E-state index in [1.165, 1.54) is 12.1 Å². The Balaban J connectivity index is 2.02. The van der Waals surface area contributed by atoms with E-state index in [1.54, 1.807) is 24.4 Å². The Morgan fingerprint density at radius 1 is 1.29 bits per heavy atom. The summed E-state index contributed by atoms with van der Waals surface area (Å²) in [7, 11) is 0. The summed E-state index contributed by atoms with van der Waals surface area (Å²) in [5.74, 6) is -0.0663. The summed E-state index contributed by atoms with van der Waals surface area (Å²) in [6.07, 6.45) is 1.61. The number of benzene rings is 1. The van der Waals surface area contributed by atoms with E-state index >= 15 is 0 Å². The predicted molar refractivity (Wildman–Crippen MR) is 64.4 cm³/mol. The fourth-order valence-electron chi connectivity index (χ4n) is 1.26. The zero-order chi connectivity index (χ0) is 12.3. The van der Waals surface area contributed by atoms with Gasteiger partial charge < -0.3 is 10.5 Å². The molecule has 88 valence electrons. The molecule has 2 aromatic rings. The van der Waals surface area contributed by atoms with Gasteiger partial charge in [0.25, 0.3) is 0 Å². The number of nitrogen functional groups attached to an aromatic ring is 1. The Morgan fingerprint density at radius 2 is 2.12 bits per heavy atom. The van der Waals surface area contributed by atoms with Crippen molar-refractivity contribution in [3.05, 3.63) is 53.1 Å². The molecular weight excluding hydrogens is 243 g/mol. The molecule has 0 amide bonds. The van der Waals surface area contributed by atoms with Gasteiger partial charge >= 0.3 is 0 Å². The third-order valence-corrected chi connectivity index (χ3v) is 2.39. The van der Waals surface area contributed by atoms with Crippen molar-refractivity contribution in [2.24, 2.45) is 0 Å². The summed E-state index contributed by atoms with van der Waals surface area (Å²) in [4.78, 5) is 3.91. The van der Waals surface area contributed by atoms with E-state index in [1.807, 2.05) is 0 Å². The highest BCUT2D eigenvalue weighted by atomic mass is 35.5. The van der Waals surface area contributed by atoms with Crippen LogP contribution in [0.15, 0.2) is 36.5 Å². The Labute approximate surface area is 103 Å². The lowest BCUT2D eigenvalue weighted by molar-refractivity contribution is 0.304. The third-order valence-electron chi connectivity index (χ3n) is 2.17. The molecule has 0 fully saturated rings. The Morgan fingerprint density at radius 3 is 2.76 bits per heavy atom. The number of nitrogens with two attached hydrogens (primary N) is 1. The molecule has 0 spiro atoms. The molecule has 0 unspecified atom stereocenters. The lowest BCUT2D eigenvalue weighted by Gasteiger charge is -2.06. The van der Waals surface area contributed by atoms with Gasteiger partial charge in [0.2, 0.25) is 0 Å². The molecule has 0 aliphatic heterocycles. The van der Waals surface area contributed by atoms with Gasteiger partial charge in [-0.15, -0.1) is 0 Å². The monoisotopic (exact) mass is 252 g/mol. The average Bonchev–Trinajstić information content (AvgIpc) is 2.33. The van der Waals surface area contributed by atoms with Gasteiger partial charge in [-0.25, -0.2) is 9.37 Å². The Bertz CT molecular complexity index is 516. The minimum atomic E-state index is -0.489. The second-order valence-electron chi connectivity index (χ2n) is 3.46. The molecule has 0 aliphatic carbocycles. The summed E-state index contributed by atoms with van der Waals surface area (Å²) < 4.78 is 18.5.